The van der Waals surface area contributed by atoms with Gasteiger partial charge in [0, 0.05) is 22.1 Å². The van der Waals surface area contributed by atoms with E-state index in [9.17, 15) is 4.79 Å². The van der Waals surface area contributed by atoms with Gasteiger partial charge in [0.1, 0.15) is 17.1 Å². The number of aromatic nitrogens is 1. The zero-order valence-electron chi connectivity index (χ0n) is 17.2. The molecule has 3 rings (SSSR count). The fourth-order valence-corrected chi connectivity index (χ4v) is 3.13. The number of carbonyl (C=O) groups excluding carboxylic acids is 1. The van der Waals surface area contributed by atoms with Gasteiger partial charge in [0.05, 0.1) is 25.0 Å². The van der Waals surface area contributed by atoms with Gasteiger partial charge in [-0.25, -0.2) is 4.79 Å². The lowest BCUT2D eigenvalue weighted by Gasteiger charge is -2.15. The summed E-state index contributed by atoms with van der Waals surface area (Å²) >= 11 is 3.38. The van der Waals surface area contributed by atoms with Crippen molar-refractivity contribution in [3.8, 4) is 23.0 Å². The van der Waals surface area contributed by atoms with Crippen LogP contribution in [0.15, 0.2) is 58.9 Å². The molecule has 0 spiro atoms. The molecule has 0 N–H and O–H groups in total. The van der Waals surface area contributed by atoms with Crippen LogP contribution in [0.2, 0.25) is 0 Å². The molecular formula is C23H22BrNO5. The Morgan fingerprint density at radius 3 is 2.60 bits per heavy atom. The molecule has 0 fully saturated rings. The van der Waals surface area contributed by atoms with Crippen molar-refractivity contribution in [1.29, 1.82) is 0 Å². The minimum absolute atomic E-state index is 0.272. The molecule has 30 heavy (non-hydrogen) atoms. The molecule has 156 valence electrons. The van der Waals surface area contributed by atoms with Gasteiger partial charge in [0.2, 0.25) is 0 Å². The third-order valence-corrected chi connectivity index (χ3v) is 4.81. The van der Waals surface area contributed by atoms with Crippen molar-refractivity contribution in [3.05, 3.63) is 64.5 Å². The average Bonchev–Trinajstić information content (AvgIpc) is 2.74. The quantitative estimate of drug-likeness (QED) is 0.298. The highest BCUT2D eigenvalue weighted by molar-refractivity contribution is 9.10. The van der Waals surface area contributed by atoms with Gasteiger partial charge in [-0.15, -0.1) is 0 Å². The van der Waals surface area contributed by atoms with Crippen LogP contribution in [0.3, 0.4) is 0 Å². The molecule has 0 radical (unpaired) electrons. The first kappa shape index (κ1) is 21.6. The summed E-state index contributed by atoms with van der Waals surface area (Å²) in [6.45, 7) is 5.79. The molecule has 0 atom stereocenters. The maximum Gasteiger partial charge on any atom is 0.341 e. The fourth-order valence-electron chi connectivity index (χ4n) is 2.77. The molecule has 6 nitrogen and oxygen atoms in total. The summed E-state index contributed by atoms with van der Waals surface area (Å²) in [5, 5.41) is 0.720. The van der Waals surface area contributed by atoms with Gasteiger partial charge in [0.25, 0.3) is 0 Å². The molecule has 0 unspecified atom stereocenters. The van der Waals surface area contributed by atoms with E-state index in [1.54, 1.807) is 56.6 Å². The van der Waals surface area contributed by atoms with Crippen LogP contribution in [0.25, 0.3) is 10.9 Å². The number of benzene rings is 2. The van der Waals surface area contributed by atoms with E-state index in [1.807, 2.05) is 19.9 Å². The van der Waals surface area contributed by atoms with E-state index in [0.717, 1.165) is 15.6 Å². The molecule has 0 bridgehead atoms. The monoisotopic (exact) mass is 471 g/mol. The third kappa shape index (κ3) is 4.74. The number of ether oxygens (including phenoxy) is 4. The molecule has 0 saturated carbocycles. The summed E-state index contributed by atoms with van der Waals surface area (Å²) in [5.41, 5.74) is 0.994. The lowest BCUT2D eigenvalue weighted by Crippen LogP contribution is -2.06. The summed E-state index contributed by atoms with van der Waals surface area (Å²) in [6, 6.07) is 10.5. The molecule has 1 aromatic heterocycles. The number of hydrogen-bond acceptors (Lipinski definition) is 6. The Labute approximate surface area is 183 Å². The van der Waals surface area contributed by atoms with Crippen LogP contribution in [0.5, 0.6) is 23.0 Å². The minimum Gasteiger partial charge on any atom is -0.493 e. The van der Waals surface area contributed by atoms with Crippen molar-refractivity contribution in [1.82, 2.24) is 4.98 Å². The second kappa shape index (κ2) is 9.63. The van der Waals surface area contributed by atoms with Crippen molar-refractivity contribution >= 4 is 32.8 Å². The van der Waals surface area contributed by atoms with E-state index < -0.39 is 5.97 Å². The number of carbonyl (C=O) groups is 1. The van der Waals surface area contributed by atoms with Crippen LogP contribution in [0.4, 0.5) is 0 Å². The van der Waals surface area contributed by atoms with Gasteiger partial charge in [0.15, 0.2) is 11.5 Å². The third-order valence-electron chi connectivity index (χ3n) is 4.32. The molecule has 0 aliphatic heterocycles. The first-order valence-electron chi connectivity index (χ1n) is 9.38. The normalized spacial score (nSPS) is 11.3. The Bertz CT molecular complexity index is 1110. The second-order valence-electron chi connectivity index (χ2n) is 6.29. The summed E-state index contributed by atoms with van der Waals surface area (Å²) < 4.78 is 23.4. The Kier molecular flexibility index (Phi) is 6.95. The molecule has 1 heterocycles. The lowest BCUT2D eigenvalue weighted by molar-refractivity contribution is 0.0523. The maximum atomic E-state index is 12.4. The minimum atomic E-state index is -0.456. The number of pyridine rings is 1. The van der Waals surface area contributed by atoms with E-state index in [1.165, 1.54) is 0 Å². The van der Waals surface area contributed by atoms with Crippen molar-refractivity contribution in [2.24, 2.45) is 0 Å². The SMILES string of the molecule is C/C=C(\C)Oc1cc2nccc(Oc3ccc(Br)cc3C(=O)OCC)c2cc1OC. The largest absolute Gasteiger partial charge is 0.493 e. The van der Waals surface area contributed by atoms with Crippen molar-refractivity contribution < 1.29 is 23.7 Å². The molecule has 0 amide bonds. The van der Waals surface area contributed by atoms with E-state index in [-0.39, 0.29) is 6.61 Å². The number of rotatable bonds is 7. The highest BCUT2D eigenvalue weighted by Crippen LogP contribution is 2.38. The van der Waals surface area contributed by atoms with E-state index in [4.69, 9.17) is 18.9 Å². The number of fused-ring (bicyclic) bond motifs is 1. The van der Waals surface area contributed by atoms with Crippen LogP contribution in [-0.4, -0.2) is 24.7 Å². The smallest absolute Gasteiger partial charge is 0.341 e. The predicted octanol–water partition coefficient (Wildman–Crippen LogP) is 6.28. The van der Waals surface area contributed by atoms with Crippen LogP contribution >= 0.6 is 15.9 Å². The summed E-state index contributed by atoms with van der Waals surface area (Å²) in [5.74, 6) is 2.30. The number of allylic oxidation sites excluding steroid dienone is 2. The first-order valence-corrected chi connectivity index (χ1v) is 10.2. The van der Waals surface area contributed by atoms with Crippen LogP contribution in [0, 0.1) is 0 Å². The van der Waals surface area contributed by atoms with Crippen molar-refractivity contribution in [3.63, 3.8) is 0 Å². The number of methoxy groups -OCH3 is 1. The molecule has 0 saturated heterocycles. The maximum absolute atomic E-state index is 12.4. The zero-order valence-corrected chi connectivity index (χ0v) is 18.8. The predicted molar refractivity (Wildman–Crippen MR) is 119 cm³/mol. The van der Waals surface area contributed by atoms with Gasteiger partial charge in [-0.1, -0.05) is 15.9 Å². The van der Waals surface area contributed by atoms with E-state index >= 15 is 0 Å². The summed E-state index contributed by atoms with van der Waals surface area (Å²) in [7, 11) is 1.57. The molecule has 7 heteroatoms. The second-order valence-corrected chi connectivity index (χ2v) is 7.21. The molecular weight excluding hydrogens is 450 g/mol. The highest BCUT2D eigenvalue weighted by atomic mass is 79.9. The molecule has 3 aromatic rings. The summed E-state index contributed by atoms with van der Waals surface area (Å²) in [4.78, 5) is 16.8. The topological polar surface area (TPSA) is 66.9 Å². The molecule has 0 aliphatic rings. The number of nitrogens with zero attached hydrogens (tertiary/aromatic N) is 1. The number of hydrogen-bond donors (Lipinski definition) is 0. The number of halogens is 1. The standard InChI is InChI=1S/C23H22BrNO5/c1-5-14(3)29-22-13-18-16(12-21(22)27-4)20(9-10-25-18)30-19-8-7-15(24)11-17(19)23(26)28-6-2/h5,7-13H,6H2,1-4H3/b14-5+. The number of esters is 1. The van der Waals surface area contributed by atoms with E-state index in [2.05, 4.69) is 20.9 Å². The zero-order chi connectivity index (χ0) is 21.7. The van der Waals surface area contributed by atoms with Crippen LogP contribution in [-0.2, 0) is 4.74 Å². The van der Waals surface area contributed by atoms with Gasteiger partial charge in [-0.05, 0) is 57.2 Å². The first-order chi connectivity index (χ1) is 14.5. The molecule has 0 aliphatic carbocycles. The van der Waals surface area contributed by atoms with Crippen molar-refractivity contribution in [2.75, 3.05) is 13.7 Å². The highest BCUT2D eigenvalue weighted by Gasteiger charge is 2.17. The Morgan fingerprint density at radius 1 is 1.10 bits per heavy atom. The average molecular weight is 472 g/mol. The Balaban J connectivity index is 2.07. The van der Waals surface area contributed by atoms with Crippen molar-refractivity contribution in [2.45, 2.75) is 20.8 Å². The van der Waals surface area contributed by atoms with Crippen LogP contribution in [0.1, 0.15) is 31.1 Å². The van der Waals surface area contributed by atoms with Gasteiger partial charge >= 0.3 is 5.97 Å². The van der Waals surface area contributed by atoms with E-state index in [0.29, 0.717) is 34.1 Å². The van der Waals surface area contributed by atoms with Crippen LogP contribution < -0.4 is 14.2 Å². The Hall–Kier alpha value is -3.06. The van der Waals surface area contributed by atoms with Gasteiger partial charge < -0.3 is 18.9 Å². The summed E-state index contributed by atoms with van der Waals surface area (Å²) in [6.07, 6.45) is 3.50. The lowest BCUT2D eigenvalue weighted by atomic mass is 10.1. The molecule has 2 aromatic carbocycles. The van der Waals surface area contributed by atoms with Gasteiger partial charge in [-0.2, -0.15) is 0 Å². The van der Waals surface area contributed by atoms with Gasteiger partial charge in [-0.3, -0.25) is 4.98 Å². The Morgan fingerprint density at radius 2 is 1.90 bits per heavy atom. The fraction of sp³-hybridized carbons (Fsp3) is 0.217.